The third kappa shape index (κ3) is 2.98. The van der Waals surface area contributed by atoms with Gasteiger partial charge in [-0.1, -0.05) is 23.6 Å². The molecule has 0 fully saturated rings. The molecule has 0 saturated carbocycles. The van der Waals surface area contributed by atoms with Gasteiger partial charge in [-0.25, -0.2) is 9.59 Å². The van der Waals surface area contributed by atoms with Crippen molar-refractivity contribution in [2.45, 2.75) is 0 Å². The van der Waals surface area contributed by atoms with E-state index in [1.165, 1.54) is 0 Å². The van der Waals surface area contributed by atoms with Crippen LogP contribution in [-0.2, 0) is 0 Å². The van der Waals surface area contributed by atoms with Gasteiger partial charge in [0.2, 0.25) is 0 Å². The van der Waals surface area contributed by atoms with E-state index in [-0.39, 0.29) is 37.7 Å². The van der Waals surface area contributed by atoms with Gasteiger partial charge >= 0.3 is 49.7 Å². The molecule has 0 aliphatic rings. The van der Waals surface area contributed by atoms with Gasteiger partial charge in [0.05, 0.1) is 11.1 Å². The van der Waals surface area contributed by atoms with E-state index in [0.29, 0.717) is 12.1 Å². The molecule has 0 aromatic heterocycles. The van der Waals surface area contributed by atoms with Crippen molar-refractivity contribution in [1.29, 1.82) is 0 Å². The standard InChI is InChI=1S/C8H6O6.Ca/c9-5-1-3(7(11)12)6(10)2-4(5)8(13)14;/h1-2,9-10H,(H,11,12)(H,13,14);/q;+2/p-2. The van der Waals surface area contributed by atoms with Crippen LogP contribution in [0, 0.1) is 0 Å². The first kappa shape index (κ1) is 14.0. The fraction of sp³-hybridized carbons (Fsp3) is 0. The van der Waals surface area contributed by atoms with Crippen LogP contribution in [0.3, 0.4) is 0 Å². The van der Waals surface area contributed by atoms with E-state index in [1.54, 1.807) is 0 Å². The van der Waals surface area contributed by atoms with Gasteiger partial charge in [-0.3, -0.25) is 0 Å². The Balaban J connectivity index is 0.00000196. The minimum Gasteiger partial charge on any atom is -0.872 e. The Hall–Kier alpha value is -0.980. The average molecular weight is 236 g/mol. The van der Waals surface area contributed by atoms with Crippen molar-refractivity contribution < 1.29 is 30.0 Å². The van der Waals surface area contributed by atoms with Gasteiger partial charge in [0, 0.05) is 0 Å². The maximum Gasteiger partial charge on any atom is 2.00 e. The van der Waals surface area contributed by atoms with E-state index in [9.17, 15) is 19.8 Å². The zero-order valence-electron chi connectivity index (χ0n) is 7.39. The van der Waals surface area contributed by atoms with Gasteiger partial charge in [0.15, 0.2) is 0 Å². The zero-order valence-corrected chi connectivity index (χ0v) is 9.60. The summed E-state index contributed by atoms with van der Waals surface area (Å²) in [6.07, 6.45) is 0. The van der Waals surface area contributed by atoms with Gasteiger partial charge < -0.3 is 20.4 Å². The Morgan fingerprint density at radius 3 is 1.40 bits per heavy atom. The van der Waals surface area contributed by atoms with Crippen LogP contribution < -0.4 is 10.2 Å². The van der Waals surface area contributed by atoms with Crippen LogP contribution in [0.4, 0.5) is 0 Å². The van der Waals surface area contributed by atoms with Gasteiger partial charge in [0.25, 0.3) is 0 Å². The van der Waals surface area contributed by atoms with Gasteiger partial charge in [-0.15, -0.1) is 0 Å². The van der Waals surface area contributed by atoms with Crippen molar-refractivity contribution in [2.24, 2.45) is 0 Å². The molecule has 15 heavy (non-hydrogen) atoms. The molecule has 1 aromatic rings. The van der Waals surface area contributed by atoms with Crippen LogP contribution in [0.5, 0.6) is 11.5 Å². The predicted molar refractivity (Wildman–Crippen MR) is 45.0 cm³/mol. The number of carbonyl (C=O) groups is 2. The second kappa shape index (κ2) is 5.20. The summed E-state index contributed by atoms with van der Waals surface area (Å²) >= 11 is 0. The van der Waals surface area contributed by atoms with Gasteiger partial charge in [0.1, 0.15) is 0 Å². The smallest absolute Gasteiger partial charge is 0.872 e. The van der Waals surface area contributed by atoms with Crippen molar-refractivity contribution in [3.8, 4) is 11.5 Å². The number of hydrogen-bond acceptors (Lipinski definition) is 4. The van der Waals surface area contributed by atoms with Crippen LogP contribution >= 0.6 is 0 Å². The first-order valence-corrected chi connectivity index (χ1v) is 3.42. The second-order valence-corrected chi connectivity index (χ2v) is 2.45. The van der Waals surface area contributed by atoms with E-state index >= 15 is 0 Å². The van der Waals surface area contributed by atoms with Crippen LogP contribution in [0.25, 0.3) is 0 Å². The molecule has 0 aliphatic heterocycles. The molecule has 0 aliphatic carbocycles. The fourth-order valence-electron chi connectivity index (χ4n) is 0.894. The van der Waals surface area contributed by atoms with Gasteiger partial charge in [-0.2, -0.15) is 0 Å². The molecule has 0 amide bonds. The van der Waals surface area contributed by atoms with Crippen molar-refractivity contribution >= 4 is 49.7 Å². The third-order valence-corrected chi connectivity index (χ3v) is 1.54. The summed E-state index contributed by atoms with van der Waals surface area (Å²) < 4.78 is 0. The first-order valence-electron chi connectivity index (χ1n) is 3.42. The molecule has 0 heterocycles. The van der Waals surface area contributed by atoms with E-state index in [0.717, 1.165) is 0 Å². The molecule has 1 aromatic carbocycles. The van der Waals surface area contributed by atoms with E-state index < -0.39 is 34.6 Å². The van der Waals surface area contributed by atoms with Crippen molar-refractivity contribution in [3.05, 3.63) is 23.3 Å². The SMILES string of the molecule is O=C(O)c1cc([O-])c(C(=O)O)cc1[O-].[Ca+2]. The summed E-state index contributed by atoms with van der Waals surface area (Å²) in [5.41, 5.74) is -1.44. The van der Waals surface area contributed by atoms with Crippen LogP contribution in [0.1, 0.15) is 20.7 Å². The number of benzene rings is 1. The first-order chi connectivity index (χ1) is 6.43. The topological polar surface area (TPSA) is 121 Å². The Morgan fingerprint density at radius 2 is 1.20 bits per heavy atom. The van der Waals surface area contributed by atoms with Crippen molar-refractivity contribution in [1.82, 2.24) is 0 Å². The molecule has 0 bridgehead atoms. The summed E-state index contributed by atoms with van der Waals surface area (Å²) in [5.74, 6) is -5.09. The molecule has 0 saturated heterocycles. The average Bonchev–Trinajstić information content (AvgIpc) is 2.07. The summed E-state index contributed by atoms with van der Waals surface area (Å²) in [5, 5.41) is 38.8. The van der Waals surface area contributed by atoms with E-state index in [4.69, 9.17) is 10.2 Å². The Bertz CT molecular complexity index is 374. The Morgan fingerprint density at radius 1 is 0.933 bits per heavy atom. The van der Waals surface area contributed by atoms with Crippen LogP contribution in [0.2, 0.25) is 0 Å². The minimum absolute atomic E-state index is 0. The predicted octanol–water partition coefficient (Wildman–Crippen LogP) is -1.15. The molecule has 74 valence electrons. The summed E-state index contributed by atoms with van der Waals surface area (Å²) in [6, 6.07) is 1.02. The van der Waals surface area contributed by atoms with Crippen molar-refractivity contribution in [2.75, 3.05) is 0 Å². The van der Waals surface area contributed by atoms with Gasteiger partial charge in [-0.05, 0) is 0 Å². The molecule has 7 heteroatoms. The monoisotopic (exact) mass is 236 g/mol. The molecule has 2 N–H and O–H groups in total. The molecule has 0 unspecified atom stereocenters. The molecule has 0 radical (unpaired) electrons. The number of rotatable bonds is 2. The third-order valence-electron chi connectivity index (χ3n) is 1.54. The number of carboxylic acid groups (broad SMARTS) is 2. The summed E-state index contributed by atoms with van der Waals surface area (Å²) in [7, 11) is 0. The molecule has 0 atom stereocenters. The van der Waals surface area contributed by atoms with Crippen LogP contribution in [-0.4, -0.2) is 59.9 Å². The van der Waals surface area contributed by atoms with Crippen LogP contribution in [0.15, 0.2) is 12.1 Å². The zero-order chi connectivity index (χ0) is 10.9. The largest absolute Gasteiger partial charge is 2.00 e. The maximum atomic E-state index is 11.0. The maximum absolute atomic E-state index is 11.0. The summed E-state index contributed by atoms with van der Waals surface area (Å²) in [6.45, 7) is 0. The second-order valence-electron chi connectivity index (χ2n) is 2.45. The normalized spacial score (nSPS) is 9.07. The Labute approximate surface area is 114 Å². The number of aromatic carboxylic acids is 2. The molecule has 1 rings (SSSR count). The quantitative estimate of drug-likeness (QED) is 0.625. The van der Waals surface area contributed by atoms with E-state index in [2.05, 4.69) is 0 Å². The van der Waals surface area contributed by atoms with E-state index in [1.807, 2.05) is 0 Å². The molecule has 6 nitrogen and oxygen atoms in total. The summed E-state index contributed by atoms with van der Waals surface area (Å²) in [4.78, 5) is 20.7. The molecule has 0 spiro atoms. The fourth-order valence-corrected chi connectivity index (χ4v) is 0.894. The number of hydrogen-bond donors (Lipinski definition) is 2. The van der Waals surface area contributed by atoms with Crippen molar-refractivity contribution in [3.63, 3.8) is 0 Å². The number of carboxylic acids is 2. The molecular weight excluding hydrogens is 232 g/mol. The Kier molecular flexibility index (Phi) is 4.86. The minimum atomic E-state index is -1.55. The molecular formula is C8H4CaO6.